The Kier molecular flexibility index (Phi) is 3.47. The quantitative estimate of drug-likeness (QED) is 0.638. The molecule has 6 nitrogen and oxygen atoms in total. The molecule has 2 N–H and O–H groups in total. The predicted octanol–water partition coefficient (Wildman–Crippen LogP) is 1.79. The van der Waals surface area contributed by atoms with Gasteiger partial charge >= 0.3 is 0 Å². The second kappa shape index (κ2) is 5.05. The average molecular weight is 249 g/mol. The molecule has 0 atom stereocenters. The second-order valence-electron chi connectivity index (χ2n) is 3.79. The molecule has 2 aromatic rings. The summed E-state index contributed by atoms with van der Waals surface area (Å²) in [6.07, 6.45) is 0. The lowest BCUT2D eigenvalue weighted by molar-refractivity contribution is 0.0706. The zero-order chi connectivity index (χ0) is 13.1. The van der Waals surface area contributed by atoms with E-state index in [2.05, 4.69) is 4.98 Å². The summed E-state index contributed by atoms with van der Waals surface area (Å²) in [4.78, 5) is 17.6. The third-order valence-corrected chi connectivity index (χ3v) is 2.77. The van der Waals surface area contributed by atoms with Gasteiger partial charge in [0.05, 0.1) is 0 Å². The van der Waals surface area contributed by atoms with Crippen molar-refractivity contribution in [3.05, 3.63) is 23.8 Å². The fourth-order valence-electron chi connectivity index (χ4n) is 1.75. The minimum Gasteiger partial charge on any atom is -0.423 e. The third-order valence-electron chi connectivity index (χ3n) is 2.77. The summed E-state index contributed by atoms with van der Waals surface area (Å²) in [5.41, 5.74) is 3.14. The van der Waals surface area contributed by atoms with E-state index < -0.39 is 5.91 Å². The second-order valence-corrected chi connectivity index (χ2v) is 3.79. The van der Waals surface area contributed by atoms with Crippen molar-refractivity contribution in [2.75, 3.05) is 18.0 Å². The van der Waals surface area contributed by atoms with Crippen molar-refractivity contribution in [3.8, 4) is 0 Å². The van der Waals surface area contributed by atoms with Gasteiger partial charge < -0.3 is 9.32 Å². The van der Waals surface area contributed by atoms with Crippen molar-refractivity contribution in [1.82, 2.24) is 10.5 Å². The van der Waals surface area contributed by atoms with Gasteiger partial charge in [-0.25, -0.2) is 5.48 Å². The molecule has 1 amide bonds. The zero-order valence-corrected chi connectivity index (χ0v) is 10.3. The van der Waals surface area contributed by atoms with Gasteiger partial charge in [-0.1, -0.05) is 0 Å². The summed E-state index contributed by atoms with van der Waals surface area (Å²) in [6, 6.07) is 5.36. The first kappa shape index (κ1) is 12.4. The molecule has 0 aliphatic rings. The Morgan fingerprint density at radius 3 is 2.78 bits per heavy atom. The molecule has 1 heterocycles. The van der Waals surface area contributed by atoms with Crippen molar-refractivity contribution in [3.63, 3.8) is 0 Å². The molecule has 0 unspecified atom stereocenters. The lowest BCUT2D eigenvalue weighted by Crippen LogP contribution is -2.21. The monoisotopic (exact) mass is 249 g/mol. The van der Waals surface area contributed by atoms with E-state index in [1.54, 1.807) is 23.7 Å². The van der Waals surface area contributed by atoms with Crippen molar-refractivity contribution >= 4 is 23.0 Å². The molecular formula is C12H15N3O3. The van der Waals surface area contributed by atoms with Crippen LogP contribution in [0.25, 0.3) is 11.1 Å². The van der Waals surface area contributed by atoms with E-state index in [-0.39, 0.29) is 0 Å². The van der Waals surface area contributed by atoms with Crippen LogP contribution in [0.1, 0.15) is 24.2 Å². The Hall–Kier alpha value is -2.08. The molecule has 0 saturated carbocycles. The first-order valence-corrected chi connectivity index (χ1v) is 5.79. The number of fused-ring (bicyclic) bond motifs is 1. The number of carbonyl (C=O) groups excluding carboxylic acids is 1. The van der Waals surface area contributed by atoms with Gasteiger partial charge in [0.15, 0.2) is 5.58 Å². The molecule has 0 radical (unpaired) electrons. The number of hydrogen-bond donors (Lipinski definition) is 2. The highest BCUT2D eigenvalue weighted by molar-refractivity contribution is 5.96. The topological polar surface area (TPSA) is 78.6 Å². The first-order valence-electron chi connectivity index (χ1n) is 5.79. The fraction of sp³-hybridized carbons (Fsp3) is 0.333. The van der Waals surface area contributed by atoms with E-state index in [1.807, 2.05) is 18.7 Å². The maximum Gasteiger partial charge on any atom is 0.298 e. The van der Waals surface area contributed by atoms with E-state index in [9.17, 15) is 4.79 Å². The number of hydrogen-bond acceptors (Lipinski definition) is 5. The third kappa shape index (κ3) is 2.14. The van der Waals surface area contributed by atoms with E-state index in [0.717, 1.165) is 13.1 Å². The summed E-state index contributed by atoms with van der Waals surface area (Å²) in [5.74, 6) is -0.565. The van der Waals surface area contributed by atoms with Crippen LogP contribution >= 0.6 is 0 Å². The summed E-state index contributed by atoms with van der Waals surface area (Å²) in [7, 11) is 0. The highest BCUT2D eigenvalue weighted by atomic mass is 16.5. The van der Waals surface area contributed by atoms with Gasteiger partial charge in [0.1, 0.15) is 5.52 Å². The SMILES string of the molecule is CCN(CC)c1nc2cc(C(=O)NO)ccc2o1. The van der Waals surface area contributed by atoms with Crippen LogP contribution < -0.4 is 10.4 Å². The number of nitrogens with zero attached hydrogens (tertiary/aromatic N) is 2. The van der Waals surface area contributed by atoms with Crippen molar-refractivity contribution in [2.24, 2.45) is 0 Å². The molecule has 0 aliphatic carbocycles. The molecule has 0 saturated heterocycles. The lowest BCUT2D eigenvalue weighted by atomic mass is 10.2. The number of oxazole rings is 1. The summed E-state index contributed by atoms with van der Waals surface area (Å²) >= 11 is 0. The molecular weight excluding hydrogens is 234 g/mol. The normalized spacial score (nSPS) is 10.6. The summed E-state index contributed by atoms with van der Waals surface area (Å²) in [5, 5.41) is 8.58. The Morgan fingerprint density at radius 1 is 1.44 bits per heavy atom. The van der Waals surface area contributed by atoms with Crippen LogP contribution in [-0.2, 0) is 0 Å². The van der Waals surface area contributed by atoms with Gasteiger partial charge in [0.2, 0.25) is 0 Å². The minimum absolute atomic E-state index is 0.337. The minimum atomic E-state index is -0.565. The Bertz CT molecular complexity index is 561. The predicted molar refractivity (Wildman–Crippen MR) is 66.8 cm³/mol. The molecule has 0 fully saturated rings. The van der Waals surface area contributed by atoms with Crippen LogP contribution in [0.3, 0.4) is 0 Å². The highest BCUT2D eigenvalue weighted by Gasteiger charge is 2.13. The zero-order valence-electron chi connectivity index (χ0n) is 10.3. The number of carbonyl (C=O) groups is 1. The number of nitrogens with one attached hydrogen (secondary N) is 1. The number of aromatic nitrogens is 1. The standard InChI is InChI=1S/C12H15N3O3/c1-3-15(4-2)12-13-9-7-8(11(16)14-17)5-6-10(9)18-12/h5-7,17H,3-4H2,1-2H3,(H,14,16). The smallest absolute Gasteiger partial charge is 0.298 e. The van der Waals surface area contributed by atoms with Crippen LogP contribution in [0, 0.1) is 0 Å². The number of rotatable bonds is 4. The molecule has 0 bridgehead atoms. The molecule has 1 aromatic carbocycles. The van der Waals surface area contributed by atoms with Gasteiger partial charge in [-0.3, -0.25) is 10.0 Å². The highest BCUT2D eigenvalue weighted by Crippen LogP contribution is 2.22. The Labute approximate surface area is 104 Å². The van der Waals surface area contributed by atoms with E-state index in [1.165, 1.54) is 0 Å². The van der Waals surface area contributed by atoms with Gasteiger partial charge in [0.25, 0.3) is 11.9 Å². The number of anilines is 1. The van der Waals surface area contributed by atoms with Crippen LogP contribution in [0.5, 0.6) is 0 Å². The van der Waals surface area contributed by atoms with Gasteiger partial charge in [-0.2, -0.15) is 4.98 Å². The number of benzene rings is 1. The van der Waals surface area contributed by atoms with E-state index in [4.69, 9.17) is 9.62 Å². The first-order chi connectivity index (χ1) is 8.69. The number of hydroxylamine groups is 1. The Balaban J connectivity index is 2.42. The van der Waals surface area contributed by atoms with Gasteiger partial charge in [-0.15, -0.1) is 0 Å². The maximum atomic E-state index is 11.3. The molecule has 2 rings (SSSR count). The average Bonchev–Trinajstić information content (AvgIpc) is 2.81. The molecule has 6 heteroatoms. The lowest BCUT2D eigenvalue weighted by Gasteiger charge is -2.14. The molecule has 0 aliphatic heterocycles. The van der Waals surface area contributed by atoms with Crippen LogP contribution in [-0.4, -0.2) is 29.2 Å². The van der Waals surface area contributed by atoms with Crippen LogP contribution in [0.15, 0.2) is 22.6 Å². The largest absolute Gasteiger partial charge is 0.423 e. The molecule has 1 aromatic heterocycles. The van der Waals surface area contributed by atoms with Crippen LogP contribution in [0.4, 0.5) is 6.01 Å². The van der Waals surface area contributed by atoms with Gasteiger partial charge in [-0.05, 0) is 32.0 Å². The van der Waals surface area contributed by atoms with E-state index in [0.29, 0.717) is 22.7 Å². The molecule has 18 heavy (non-hydrogen) atoms. The molecule has 96 valence electrons. The maximum absolute atomic E-state index is 11.3. The summed E-state index contributed by atoms with van der Waals surface area (Å²) in [6.45, 7) is 5.63. The fourth-order valence-corrected chi connectivity index (χ4v) is 1.75. The van der Waals surface area contributed by atoms with Crippen molar-refractivity contribution in [1.29, 1.82) is 0 Å². The Morgan fingerprint density at radius 2 is 2.17 bits per heavy atom. The van der Waals surface area contributed by atoms with Crippen molar-refractivity contribution < 1.29 is 14.4 Å². The summed E-state index contributed by atoms with van der Waals surface area (Å²) < 4.78 is 5.60. The molecule has 0 spiro atoms. The van der Waals surface area contributed by atoms with Gasteiger partial charge in [0, 0.05) is 18.7 Å². The van der Waals surface area contributed by atoms with Crippen LogP contribution in [0.2, 0.25) is 0 Å². The number of amides is 1. The van der Waals surface area contributed by atoms with E-state index >= 15 is 0 Å². The van der Waals surface area contributed by atoms with Crippen molar-refractivity contribution in [2.45, 2.75) is 13.8 Å².